The molecule has 0 aromatic rings. The van der Waals surface area contributed by atoms with Crippen molar-refractivity contribution in [3.05, 3.63) is 0 Å². The van der Waals surface area contributed by atoms with E-state index in [1.807, 2.05) is 0 Å². The molecule has 0 atom stereocenters. The predicted molar refractivity (Wildman–Crippen MR) is 64.9 cm³/mol. The zero-order valence-electron chi connectivity index (χ0n) is 9.30. The second kappa shape index (κ2) is 5.41. The van der Waals surface area contributed by atoms with E-state index in [4.69, 9.17) is 0 Å². The van der Waals surface area contributed by atoms with Crippen molar-refractivity contribution < 1.29 is 0 Å². The summed E-state index contributed by atoms with van der Waals surface area (Å²) in [6.07, 6.45) is 12.4. The number of thioether (sulfide) groups is 1. The van der Waals surface area contributed by atoms with Gasteiger partial charge in [0.25, 0.3) is 0 Å². The van der Waals surface area contributed by atoms with Crippen LogP contribution in [0.25, 0.3) is 0 Å². The molecule has 2 saturated carbocycles. The highest BCUT2D eigenvalue weighted by Gasteiger charge is 2.22. The summed E-state index contributed by atoms with van der Waals surface area (Å²) in [4.78, 5) is 0. The minimum absolute atomic E-state index is 0.846. The van der Waals surface area contributed by atoms with Crippen molar-refractivity contribution in [3.63, 3.8) is 0 Å². The molecule has 0 aliphatic heterocycles. The lowest BCUT2D eigenvalue weighted by Crippen LogP contribution is -2.38. The molecule has 0 spiro atoms. The molecule has 2 heteroatoms. The van der Waals surface area contributed by atoms with Gasteiger partial charge in [0.15, 0.2) is 0 Å². The van der Waals surface area contributed by atoms with Crippen molar-refractivity contribution in [2.24, 2.45) is 5.92 Å². The Morgan fingerprint density at radius 2 is 1.79 bits per heavy atom. The fourth-order valence-corrected chi connectivity index (χ4v) is 3.28. The maximum atomic E-state index is 3.76. The first-order valence-corrected chi connectivity index (χ1v) is 7.43. The van der Waals surface area contributed by atoms with Gasteiger partial charge in [0.1, 0.15) is 0 Å². The van der Waals surface area contributed by atoms with Gasteiger partial charge in [-0.05, 0) is 57.2 Å². The second-order valence-corrected chi connectivity index (χ2v) is 6.05. The zero-order chi connectivity index (χ0) is 9.80. The van der Waals surface area contributed by atoms with Gasteiger partial charge in [0, 0.05) is 11.3 Å². The minimum atomic E-state index is 0.846. The molecule has 2 aliphatic carbocycles. The molecule has 1 nitrogen and oxygen atoms in total. The largest absolute Gasteiger partial charge is 0.314 e. The topological polar surface area (TPSA) is 12.0 Å². The summed E-state index contributed by atoms with van der Waals surface area (Å²) in [6, 6.07) is 0.846. The van der Waals surface area contributed by atoms with Crippen LogP contribution in [0.4, 0.5) is 0 Å². The minimum Gasteiger partial charge on any atom is -0.314 e. The molecule has 0 aromatic heterocycles. The molecule has 0 bridgehead atoms. The fourth-order valence-electron chi connectivity index (χ4n) is 2.53. The van der Waals surface area contributed by atoms with E-state index < -0.39 is 0 Å². The third-order valence-corrected chi connectivity index (χ3v) is 5.07. The van der Waals surface area contributed by atoms with Gasteiger partial charge in [-0.15, -0.1) is 0 Å². The zero-order valence-corrected chi connectivity index (χ0v) is 10.1. The van der Waals surface area contributed by atoms with Gasteiger partial charge in [0.05, 0.1) is 0 Å². The summed E-state index contributed by atoms with van der Waals surface area (Å²) in [7, 11) is 0. The molecule has 0 radical (unpaired) electrons. The third kappa shape index (κ3) is 2.90. The summed E-state index contributed by atoms with van der Waals surface area (Å²) in [5, 5.41) is 4.71. The lowest BCUT2D eigenvalue weighted by atomic mass is 9.85. The monoisotopic (exact) mass is 213 g/mol. The van der Waals surface area contributed by atoms with Crippen molar-refractivity contribution in [3.8, 4) is 0 Å². The van der Waals surface area contributed by atoms with E-state index in [2.05, 4.69) is 23.3 Å². The van der Waals surface area contributed by atoms with Gasteiger partial charge in [-0.2, -0.15) is 11.8 Å². The standard InChI is InChI=1S/C12H23NS/c1-14-12-7-5-11(6-8-12)13-9-10-3-2-4-10/h10-13H,2-9H2,1H3. The summed E-state index contributed by atoms with van der Waals surface area (Å²) in [5.41, 5.74) is 0. The molecular formula is C12H23NS. The van der Waals surface area contributed by atoms with Gasteiger partial charge in [0.2, 0.25) is 0 Å². The quantitative estimate of drug-likeness (QED) is 0.770. The molecule has 14 heavy (non-hydrogen) atoms. The van der Waals surface area contributed by atoms with Crippen molar-refractivity contribution >= 4 is 11.8 Å². The van der Waals surface area contributed by atoms with Crippen LogP contribution < -0.4 is 5.32 Å². The Hall–Kier alpha value is 0.310. The molecule has 0 unspecified atom stereocenters. The first kappa shape index (κ1) is 10.8. The summed E-state index contributed by atoms with van der Waals surface area (Å²) >= 11 is 2.06. The molecule has 2 fully saturated rings. The van der Waals surface area contributed by atoms with Gasteiger partial charge in [-0.1, -0.05) is 6.42 Å². The first-order chi connectivity index (χ1) is 6.88. The van der Waals surface area contributed by atoms with Crippen LogP contribution in [0.2, 0.25) is 0 Å². The van der Waals surface area contributed by atoms with Crippen molar-refractivity contribution in [2.75, 3.05) is 12.8 Å². The third-order valence-electron chi connectivity index (χ3n) is 3.93. The lowest BCUT2D eigenvalue weighted by molar-refractivity contribution is 0.272. The van der Waals surface area contributed by atoms with Crippen LogP contribution >= 0.6 is 11.8 Å². The van der Waals surface area contributed by atoms with Gasteiger partial charge < -0.3 is 5.32 Å². The normalized spacial score (nSPS) is 34.1. The van der Waals surface area contributed by atoms with Gasteiger partial charge >= 0.3 is 0 Å². The Bertz CT molecular complexity index is 160. The van der Waals surface area contributed by atoms with Gasteiger partial charge in [-0.3, -0.25) is 0 Å². The Labute approximate surface area is 92.4 Å². The molecule has 1 N–H and O–H groups in total. The summed E-state index contributed by atoms with van der Waals surface area (Å²) in [5.74, 6) is 1.02. The van der Waals surface area contributed by atoms with Crippen LogP contribution in [0.3, 0.4) is 0 Å². The van der Waals surface area contributed by atoms with E-state index in [9.17, 15) is 0 Å². The molecular weight excluding hydrogens is 190 g/mol. The van der Waals surface area contributed by atoms with Crippen LogP contribution in [0.15, 0.2) is 0 Å². The highest BCUT2D eigenvalue weighted by Crippen LogP contribution is 2.28. The molecule has 0 heterocycles. The average molecular weight is 213 g/mol. The molecule has 2 rings (SSSR count). The van der Waals surface area contributed by atoms with E-state index in [1.54, 1.807) is 0 Å². The average Bonchev–Trinajstić information content (AvgIpc) is 2.16. The highest BCUT2D eigenvalue weighted by atomic mass is 32.2. The van der Waals surface area contributed by atoms with E-state index in [1.165, 1.54) is 51.5 Å². The Kier molecular flexibility index (Phi) is 4.18. The Morgan fingerprint density at radius 1 is 1.07 bits per heavy atom. The number of hydrogen-bond donors (Lipinski definition) is 1. The van der Waals surface area contributed by atoms with Crippen molar-refractivity contribution in [1.82, 2.24) is 5.32 Å². The van der Waals surface area contributed by atoms with E-state index in [0.29, 0.717) is 0 Å². The molecule has 0 saturated heterocycles. The van der Waals surface area contributed by atoms with E-state index >= 15 is 0 Å². The van der Waals surface area contributed by atoms with Crippen LogP contribution in [0.5, 0.6) is 0 Å². The molecule has 2 aliphatic rings. The van der Waals surface area contributed by atoms with Crippen LogP contribution in [0, 0.1) is 5.92 Å². The first-order valence-electron chi connectivity index (χ1n) is 6.14. The summed E-state index contributed by atoms with van der Waals surface area (Å²) < 4.78 is 0. The number of hydrogen-bond acceptors (Lipinski definition) is 2. The Morgan fingerprint density at radius 3 is 2.29 bits per heavy atom. The second-order valence-electron chi connectivity index (χ2n) is 4.91. The maximum absolute atomic E-state index is 3.76. The van der Waals surface area contributed by atoms with E-state index in [0.717, 1.165) is 17.2 Å². The maximum Gasteiger partial charge on any atom is 0.00679 e. The van der Waals surface area contributed by atoms with Crippen LogP contribution in [-0.4, -0.2) is 24.1 Å². The molecule has 82 valence electrons. The van der Waals surface area contributed by atoms with Crippen LogP contribution in [-0.2, 0) is 0 Å². The van der Waals surface area contributed by atoms with Crippen LogP contribution in [0.1, 0.15) is 44.9 Å². The Balaban J connectivity index is 1.58. The van der Waals surface area contributed by atoms with Crippen molar-refractivity contribution in [2.45, 2.75) is 56.2 Å². The smallest absolute Gasteiger partial charge is 0.00679 e. The van der Waals surface area contributed by atoms with Crippen molar-refractivity contribution in [1.29, 1.82) is 0 Å². The fraction of sp³-hybridized carbons (Fsp3) is 1.00. The predicted octanol–water partition coefficient (Wildman–Crippen LogP) is 3.05. The number of rotatable bonds is 4. The SMILES string of the molecule is CSC1CCC(NCC2CCC2)CC1. The molecule has 0 amide bonds. The highest BCUT2D eigenvalue weighted by molar-refractivity contribution is 7.99. The summed E-state index contributed by atoms with van der Waals surface area (Å²) in [6.45, 7) is 1.30. The number of nitrogens with one attached hydrogen (secondary N) is 1. The van der Waals surface area contributed by atoms with E-state index in [-0.39, 0.29) is 0 Å². The molecule has 0 aromatic carbocycles. The lowest BCUT2D eigenvalue weighted by Gasteiger charge is -2.32. The van der Waals surface area contributed by atoms with Gasteiger partial charge in [-0.25, -0.2) is 0 Å².